The lowest BCUT2D eigenvalue weighted by molar-refractivity contribution is -0.156. The van der Waals surface area contributed by atoms with Crippen LogP contribution in [0.5, 0.6) is 0 Å². The van der Waals surface area contributed by atoms with Crippen molar-refractivity contribution < 1.29 is 19.1 Å². The Bertz CT molecular complexity index is 694. The third-order valence-electron chi connectivity index (χ3n) is 2.73. The van der Waals surface area contributed by atoms with Crippen molar-refractivity contribution in [2.45, 2.75) is 26.4 Å². The number of nitrogens with zero attached hydrogens (tertiary/aromatic N) is 1. The molecule has 1 fully saturated rings. The van der Waals surface area contributed by atoms with Crippen molar-refractivity contribution in [1.82, 2.24) is 4.90 Å². The second kappa shape index (κ2) is 6.76. The van der Waals surface area contributed by atoms with Gasteiger partial charge in [0.2, 0.25) is 0 Å². The van der Waals surface area contributed by atoms with Crippen molar-refractivity contribution in [3.8, 4) is 0 Å². The number of carbonyl (C=O) groups excluding carboxylic acids is 3. The second-order valence-corrected chi connectivity index (χ2v) is 7.34. The molecule has 1 aliphatic heterocycles. The van der Waals surface area contributed by atoms with E-state index >= 15 is 0 Å². The molecule has 23 heavy (non-hydrogen) atoms. The smallest absolute Gasteiger partial charge is 0.326 e. The average molecular weight is 354 g/mol. The van der Waals surface area contributed by atoms with Crippen LogP contribution in [0.4, 0.5) is 4.79 Å². The Kier molecular flexibility index (Phi) is 5.16. The van der Waals surface area contributed by atoms with Crippen molar-refractivity contribution >= 4 is 46.6 Å². The molecule has 0 radical (unpaired) electrons. The Labute approximate surface area is 143 Å². The molecule has 0 atom stereocenters. The summed E-state index contributed by atoms with van der Waals surface area (Å²) >= 11 is 6.68. The Morgan fingerprint density at radius 2 is 2.04 bits per heavy atom. The first-order valence-corrected chi connectivity index (χ1v) is 8.08. The highest BCUT2D eigenvalue weighted by molar-refractivity contribution is 8.18. The number of thioether (sulfide) groups is 1. The van der Waals surface area contributed by atoms with E-state index in [-0.39, 0.29) is 4.91 Å². The molecule has 1 aliphatic rings. The predicted molar refractivity (Wildman–Crippen MR) is 90.0 cm³/mol. The van der Waals surface area contributed by atoms with Crippen molar-refractivity contribution in [3.63, 3.8) is 0 Å². The Balaban J connectivity index is 2.12. The van der Waals surface area contributed by atoms with Gasteiger partial charge in [0.1, 0.15) is 12.1 Å². The SMILES string of the molecule is CC(C)(C)OC(=O)CN1C(=O)SC(=Cc2cccc(Cl)c2)C1=O. The molecule has 1 heterocycles. The van der Waals surface area contributed by atoms with Gasteiger partial charge in [0, 0.05) is 5.02 Å². The summed E-state index contributed by atoms with van der Waals surface area (Å²) in [6.07, 6.45) is 1.58. The normalized spacial score (nSPS) is 17.0. The topological polar surface area (TPSA) is 63.7 Å². The fourth-order valence-electron chi connectivity index (χ4n) is 1.89. The lowest BCUT2D eigenvalue weighted by atomic mass is 10.2. The molecule has 0 saturated carbocycles. The molecule has 2 rings (SSSR count). The van der Waals surface area contributed by atoms with Gasteiger partial charge in [-0.05, 0) is 56.3 Å². The summed E-state index contributed by atoms with van der Waals surface area (Å²) in [5, 5.41) is 0.0425. The van der Waals surface area contributed by atoms with Crippen LogP contribution < -0.4 is 0 Å². The zero-order chi connectivity index (χ0) is 17.2. The summed E-state index contributed by atoms with van der Waals surface area (Å²) in [5.74, 6) is -1.13. The first-order chi connectivity index (χ1) is 10.7. The molecule has 0 spiro atoms. The fourth-order valence-corrected chi connectivity index (χ4v) is 2.92. The van der Waals surface area contributed by atoms with E-state index in [2.05, 4.69) is 0 Å². The van der Waals surface area contributed by atoms with E-state index in [1.807, 2.05) is 0 Å². The molecule has 1 aromatic carbocycles. The molecule has 0 aromatic heterocycles. The van der Waals surface area contributed by atoms with Gasteiger partial charge < -0.3 is 4.74 Å². The lowest BCUT2D eigenvalue weighted by Crippen LogP contribution is -2.37. The maximum Gasteiger partial charge on any atom is 0.326 e. The monoisotopic (exact) mass is 353 g/mol. The largest absolute Gasteiger partial charge is 0.459 e. The van der Waals surface area contributed by atoms with Crippen LogP contribution in [-0.2, 0) is 14.3 Å². The highest BCUT2D eigenvalue weighted by Gasteiger charge is 2.37. The van der Waals surface area contributed by atoms with Crippen LogP contribution in [0.3, 0.4) is 0 Å². The number of amides is 2. The molecule has 0 aliphatic carbocycles. The standard InChI is InChI=1S/C16H16ClNO4S/c1-16(2,3)22-13(19)9-18-14(20)12(23-15(18)21)8-10-5-4-6-11(17)7-10/h4-8H,9H2,1-3H3. The van der Waals surface area contributed by atoms with E-state index in [9.17, 15) is 14.4 Å². The number of hydrogen-bond acceptors (Lipinski definition) is 5. The van der Waals surface area contributed by atoms with Crippen LogP contribution in [0.15, 0.2) is 29.2 Å². The van der Waals surface area contributed by atoms with E-state index in [4.69, 9.17) is 16.3 Å². The minimum absolute atomic E-state index is 0.251. The lowest BCUT2D eigenvalue weighted by Gasteiger charge is -2.21. The third-order valence-corrected chi connectivity index (χ3v) is 3.87. The maximum absolute atomic E-state index is 12.3. The third kappa shape index (κ3) is 4.84. The molecule has 0 N–H and O–H groups in total. The Hall–Kier alpha value is -1.79. The average Bonchev–Trinajstić information content (AvgIpc) is 2.64. The van der Waals surface area contributed by atoms with Gasteiger partial charge in [-0.25, -0.2) is 0 Å². The van der Waals surface area contributed by atoms with Gasteiger partial charge in [-0.2, -0.15) is 0 Å². The van der Waals surface area contributed by atoms with Crippen LogP contribution >= 0.6 is 23.4 Å². The quantitative estimate of drug-likeness (QED) is 0.612. The van der Waals surface area contributed by atoms with Gasteiger partial charge in [0.25, 0.3) is 11.1 Å². The molecule has 1 saturated heterocycles. The fraction of sp³-hybridized carbons (Fsp3) is 0.312. The summed E-state index contributed by atoms with van der Waals surface area (Å²) in [6, 6.07) is 6.92. The van der Waals surface area contributed by atoms with Gasteiger partial charge in [-0.15, -0.1) is 0 Å². The van der Waals surface area contributed by atoms with Gasteiger partial charge in [0.15, 0.2) is 0 Å². The first-order valence-electron chi connectivity index (χ1n) is 6.88. The van der Waals surface area contributed by atoms with Crippen LogP contribution in [0.2, 0.25) is 5.02 Å². The van der Waals surface area contributed by atoms with Crippen molar-refractivity contribution in [1.29, 1.82) is 0 Å². The van der Waals surface area contributed by atoms with Crippen LogP contribution in [-0.4, -0.2) is 34.2 Å². The Morgan fingerprint density at radius 3 is 2.65 bits per heavy atom. The molecule has 0 unspecified atom stereocenters. The number of hydrogen-bond donors (Lipinski definition) is 0. The number of esters is 1. The predicted octanol–water partition coefficient (Wildman–Crippen LogP) is 3.72. The van der Waals surface area contributed by atoms with E-state index in [0.29, 0.717) is 10.6 Å². The van der Waals surface area contributed by atoms with E-state index in [1.54, 1.807) is 51.1 Å². The molecule has 2 amide bonds. The molecular formula is C16H16ClNO4S. The zero-order valence-corrected chi connectivity index (χ0v) is 14.5. The van der Waals surface area contributed by atoms with Crippen molar-refractivity contribution in [2.24, 2.45) is 0 Å². The number of carbonyl (C=O) groups is 3. The zero-order valence-electron chi connectivity index (χ0n) is 13.0. The summed E-state index contributed by atoms with van der Waals surface area (Å²) in [6.45, 7) is 4.77. The van der Waals surface area contributed by atoms with Gasteiger partial charge in [-0.1, -0.05) is 23.7 Å². The molecular weight excluding hydrogens is 338 g/mol. The number of imide groups is 1. The minimum Gasteiger partial charge on any atom is -0.459 e. The van der Waals surface area contributed by atoms with E-state index in [0.717, 1.165) is 16.7 Å². The highest BCUT2D eigenvalue weighted by Crippen LogP contribution is 2.32. The summed E-state index contributed by atoms with van der Waals surface area (Å²) in [4.78, 5) is 37.2. The number of rotatable bonds is 3. The second-order valence-electron chi connectivity index (χ2n) is 5.91. The molecule has 7 heteroatoms. The number of benzene rings is 1. The first kappa shape index (κ1) is 17.6. The van der Waals surface area contributed by atoms with Gasteiger partial charge in [-0.3, -0.25) is 19.3 Å². The summed E-state index contributed by atoms with van der Waals surface area (Å²) in [5.41, 5.74) is 0.0375. The minimum atomic E-state index is -0.671. The molecule has 122 valence electrons. The van der Waals surface area contributed by atoms with E-state index in [1.165, 1.54) is 0 Å². The van der Waals surface area contributed by atoms with Gasteiger partial charge >= 0.3 is 5.97 Å². The van der Waals surface area contributed by atoms with Crippen LogP contribution in [0.25, 0.3) is 6.08 Å². The van der Waals surface area contributed by atoms with Crippen LogP contribution in [0, 0.1) is 0 Å². The molecule has 0 bridgehead atoms. The van der Waals surface area contributed by atoms with E-state index < -0.39 is 29.3 Å². The number of halogens is 1. The summed E-state index contributed by atoms with van der Waals surface area (Å²) in [7, 11) is 0. The van der Waals surface area contributed by atoms with Crippen LogP contribution in [0.1, 0.15) is 26.3 Å². The van der Waals surface area contributed by atoms with Crippen molar-refractivity contribution in [2.75, 3.05) is 6.54 Å². The van der Waals surface area contributed by atoms with Gasteiger partial charge in [0.05, 0.1) is 4.91 Å². The molecule has 1 aromatic rings. The number of ether oxygens (including phenoxy) is 1. The maximum atomic E-state index is 12.3. The van der Waals surface area contributed by atoms with Crippen molar-refractivity contribution in [3.05, 3.63) is 39.8 Å². The Morgan fingerprint density at radius 1 is 1.35 bits per heavy atom. The summed E-state index contributed by atoms with van der Waals surface area (Å²) < 4.78 is 5.13. The highest BCUT2D eigenvalue weighted by atomic mass is 35.5. The molecule has 5 nitrogen and oxygen atoms in total.